The second-order valence-electron chi connectivity index (χ2n) is 20.6. The summed E-state index contributed by atoms with van der Waals surface area (Å²) in [4.78, 5) is 0. The van der Waals surface area contributed by atoms with Crippen molar-refractivity contribution in [3.05, 3.63) is 0 Å². The normalized spacial score (nSPS) is 58.8. The maximum absolute atomic E-state index is 11.9. The van der Waals surface area contributed by atoms with E-state index in [1.807, 2.05) is 0 Å². The minimum Gasteiger partial charge on any atom is -0.394 e. The Morgan fingerprint density at radius 3 is 1.93 bits per heavy atom. The zero-order chi connectivity index (χ0) is 41.8. The van der Waals surface area contributed by atoms with Crippen LogP contribution >= 0.6 is 0 Å². The van der Waals surface area contributed by atoms with Crippen LogP contribution in [0.25, 0.3) is 0 Å². The highest BCUT2D eigenvalue weighted by Crippen LogP contribution is 2.71. The molecule has 0 amide bonds. The number of aliphatic hydroxyl groups is 8. The van der Waals surface area contributed by atoms with Gasteiger partial charge in [0.25, 0.3) is 0 Å². The molecule has 4 aliphatic carbocycles. The molecule has 1 spiro atoms. The summed E-state index contributed by atoms with van der Waals surface area (Å²) in [5, 5.41) is 84.5. The maximum atomic E-state index is 11.9. The number of hydrogen-bond acceptors (Lipinski definition) is 16. The molecule has 9 aliphatic rings. The van der Waals surface area contributed by atoms with Crippen LogP contribution in [0, 0.1) is 52.3 Å². The molecule has 8 N–H and O–H groups in total. The Bertz CT molecular complexity index is 1470. The summed E-state index contributed by atoms with van der Waals surface area (Å²) in [5.74, 6) is 3.30. The average Bonchev–Trinajstić information content (AvgIpc) is 3.67. The molecule has 59 heavy (non-hydrogen) atoms. The van der Waals surface area contributed by atoms with Gasteiger partial charge in [0.2, 0.25) is 0 Å². The van der Waals surface area contributed by atoms with Gasteiger partial charge in [-0.1, -0.05) is 27.7 Å². The van der Waals surface area contributed by atoms with Crippen molar-refractivity contribution in [2.75, 3.05) is 26.4 Å². The van der Waals surface area contributed by atoms with Crippen LogP contribution in [-0.4, -0.2) is 165 Å². The van der Waals surface area contributed by atoms with E-state index in [1.165, 1.54) is 12.8 Å². The third-order valence-corrected chi connectivity index (χ3v) is 17.5. The smallest absolute Gasteiger partial charge is 0.187 e. The molecule has 4 saturated carbocycles. The zero-order valence-electron chi connectivity index (χ0n) is 34.9. The van der Waals surface area contributed by atoms with Crippen LogP contribution < -0.4 is 0 Å². The first kappa shape index (κ1) is 43.6. The summed E-state index contributed by atoms with van der Waals surface area (Å²) >= 11 is 0. The molecule has 16 nitrogen and oxygen atoms in total. The molecule has 8 unspecified atom stereocenters. The lowest BCUT2D eigenvalue weighted by molar-refractivity contribution is -0.382. The molecule has 338 valence electrons. The van der Waals surface area contributed by atoms with E-state index in [-0.39, 0.29) is 36.3 Å². The fraction of sp³-hybridized carbons (Fsp3) is 1.00. The molecule has 0 radical (unpaired) electrons. The zero-order valence-corrected chi connectivity index (χ0v) is 34.9. The van der Waals surface area contributed by atoms with Crippen LogP contribution in [0.1, 0.15) is 91.9 Å². The van der Waals surface area contributed by atoms with Gasteiger partial charge in [-0.05, 0) is 104 Å². The molecule has 16 heteroatoms. The number of aliphatic hydroxyl groups excluding tert-OH is 8. The predicted octanol–water partition coefficient (Wildman–Crippen LogP) is 0.545. The first-order valence-corrected chi connectivity index (χ1v) is 22.6. The lowest BCUT2D eigenvalue weighted by Gasteiger charge is -2.61. The van der Waals surface area contributed by atoms with Gasteiger partial charge < -0.3 is 78.7 Å². The van der Waals surface area contributed by atoms with E-state index in [2.05, 4.69) is 27.7 Å². The summed E-state index contributed by atoms with van der Waals surface area (Å²) in [7, 11) is 0. The third-order valence-electron chi connectivity index (χ3n) is 17.5. The van der Waals surface area contributed by atoms with Crippen molar-refractivity contribution in [2.24, 2.45) is 52.3 Å². The lowest BCUT2D eigenvalue weighted by Crippen LogP contribution is -2.66. The second-order valence-corrected chi connectivity index (χ2v) is 20.6. The SMILES string of the molecule is C[C@H]1CC[C@@]2(OC1)O[C@H]1CC3C4CCC5C[C@@H](OC6O[C@H](CO)[C@@H](OC7OC[C@@H](O)[C@H](O)[C@H]7O)[C@H](O)[C@H]6OC6OC[C@@H](O)[C@H](O)[C@H]6O)CC[C@]5(C)C4CC[C@]3(C)C1[C@@H]2C. The highest BCUT2D eigenvalue weighted by atomic mass is 16.8. The Balaban J connectivity index is 0.887. The van der Waals surface area contributed by atoms with Crippen molar-refractivity contribution in [3.8, 4) is 0 Å². The number of fused-ring (bicyclic) bond motifs is 7. The van der Waals surface area contributed by atoms with Crippen LogP contribution in [0.15, 0.2) is 0 Å². The van der Waals surface area contributed by atoms with Crippen LogP contribution in [0.5, 0.6) is 0 Å². The van der Waals surface area contributed by atoms with Crippen LogP contribution in [0.2, 0.25) is 0 Å². The maximum Gasteiger partial charge on any atom is 0.187 e. The molecular formula is C43H70O16. The fourth-order valence-corrected chi connectivity index (χ4v) is 14.1. The molecule has 9 fully saturated rings. The molecule has 9 rings (SSSR count). The monoisotopic (exact) mass is 842 g/mol. The van der Waals surface area contributed by atoms with Crippen molar-refractivity contribution < 1.29 is 78.7 Å². The highest BCUT2D eigenvalue weighted by molar-refractivity contribution is 5.15. The van der Waals surface area contributed by atoms with Crippen LogP contribution in [0.4, 0.5) is 0 Å². The lowest BCUT2D eigenvalue weighted by atomic mass is 9.44. The van der Waals surface area contributed by atoms with Gasteiger partial charge in [0.1, 0.15) is 61.0 Å². The first-order chi connectivity index (χ1) is 28.1. The third kappa shape index (κ3) is 7.28. The van der Waals surface area contributed by atoms with Gasteiger partial charge in [0, 0.05) is 12.3 Å². The van der Waals surface area contributed by atoms with E-state index in [0.717, 1.165) is 58.0 Å². The number of ether oxygens (including phenoxy) is 8. The van der Waals surface area contributed by atoms with Crippen molar-refractivity contribution in [1.29, 1.82) is 0 Å². The van der Waals surface area contributed by atoms with Gasteiger partial charge in [-0.25, -0.2) is 0 Å². The van der Waals surface area contributed by atoms with Crippen molar-refractivity contribution in [1.82, 2.24) is 0 Å². The van der Waals surface area contributed by atoms with E-state index in [1.54, 1.807) is 0 Å². The van der Waals surface area contributed by atoms with E-state index in [9.17, 15) is 40.9 Å². The Morgan fingerprint density at radius 2 is 1.29 bits per heavy atom. The standard InChI is InChI=1S/C43H70O16/c1-19-7-12-43(54-16-19)20(2)30-28(59-43)14-25-23-6-5-21-13-22(8-10-41(21,3)24(23)9-11-42(25,30)4)55-40-37(58-39-34(50)32(48)27(46)18-53-39)35(51)36(29(15-44)56-40)57-38-33(49)31(47)26(45)17-52-38/h19-40,44-51H,5-18H2,1-4H3/t19-,20-,21?,22-,23?,24?,25?,26+,27+,28-,29+,30?,31-,32-,33+,34+,35-,36+,37+,38?,39?,40?,41-,42-,43+/m0/s1. The first-order valence-electron chi connectivity index (χ1n) is 22.6. The Labute approximate surface area is 346 Å². The Hall–Kier alpha value is -0.640. The topological polar surface area (TPSA) is 236 Å². The minimum atomic E-state index is -1.68. The van der Waals surface area contributed by atoms with Crippen molar-refractivity contribution in [3.63, 3.8) is 0 Å². The van der Waals surface area contributed by atoms with E-state index < -0.39 is 92.3 Å². The fourth-order valence-electron chi connectivity index (χ4n) is 14.1. The van der Waals surface area contributed by atoms with Crippen LogP contribution in [0.3, 0.4) is 0 Å². The summed E-state index contributed by atoms with van der Waals surface area (Å²) in [5.41, 5.74) is 0.360. The predicted molar refractivity (Wildman–Crippen MR) is 204 cm³/mol. The molecule has 5 aliphatic heterocycles. The minimum absolute atomic E-state index is 0.128. The van der Waals surface area contributed by atoms with Gasteiger partial charge in [0.15, 0.2) is 24.7 Å². The van der Waals surface area contributed by atoms with E-state index >= 15 is 0 Å². The van der Waals surface area contributed by atoms with Gasteiger partial charge in [-0.3, -0.25) is 0 Å². The van der Waals surface area contributed by atoms with Crippen molar-refractivity contribution >= 4 is 0 Å². The second kappa shape index (κ2) is 16.4. The molecular weight excluding hydrogens is 772 g/mol. The molecule has 0 aromatic rings. The molecule has 0 bridgehead atoms. The van der Waals surface area contributed by atoms with Crippen LogP contribution in [-0.2, 0) is 37.9 Å². The van der Waals surface area contributed by atoms with Gasteiger partial charge in [0.05, 0.1) is 38.6 Å². The molecule has 0 aromatic heterocycles. The molecule has 0 aromatic carbocycles. The van der Waals surface area contributed by atoms with Gasteiger partial charge in [-0.15, -0.1) is 0 Å². The number of hydrogen-bond donors (Lipinski definition) is 8. The average molecular weight is 843 g/mol. The highest BCUT2D eigenvalue weighted by Gasteiger charge is 2.69. The Morgan fingerprint density at radius 1 is 0.627 bits per heavy atom. The Kier molecular flexibility index (Phi) is 12.1. The molecule has 25 atom stereocenters. The largest absolute Gasteiger partial charge is 0.394 e. The molecule has 5 saturated heterocycles. The quantitative estimate of drug-likeness (QED) is 0.164. The summed E-state index contributed by atoms with van der Waals surface area (Å²) in [6, 6.07) is 0. The summed E-state index contributed by atoms with van der Waals surface area (Å²) in [6.07, 6.45) is -8.74. The number of rotatable bonds is 7. The van der Waals surface area contributed by atoms with Crippen molar-refractivity contribution in [2.45, 2.75) is 190 Å². The van der Waals surface area contributed by atoms with Gasteiger partial charge in [-0.2, -0.15) is 0 Å². The van der Waals surface area contributed by atoms with E-state index in [0.29, 0.717) is 41.4 Å². The summed E-state index contributed by atoms with van der Waals surface area (Å²) in [6.45, 7) is 9.18. The summed E-state index contributed by atoms with van der Waals surface area (Å²) < 4.78 is 49.5. The van der Waals surface area contributed by atoms with E-state index in [4.69, 9.17) is 37.9 Å². The molecule has 5 heterocycles. The van der Waals surface area contributed by atoms with Gasteiger partial charge >= 0.3 is 0 Å².